The molecule has 1 unspecified atom stereocenters. The van der Waals surface area contributed by atoms with E-state index in [0.29, 0.717) is 0 Å². The number of nitro groups is 1. The summed E-state index contributed by atoms with van der Waals surface area (Å²) in [6, 6.07) is 5.56. The Morgan fingerprint density at radius 3 is 2.07 bits per heavy atom. The van der Waals surface area contributed by atoms with Crippen LogP contribution in [0.25, 0.3) is 0 Å². The van der Waals surface area contributed by atoms with Gasteiger partial charge in [-0.15, -0.1) is 5.76 Å². The number of benzene rings is 1. The molecule has 7 heteroatoms. The van der Waals surface area contributed by atoms with Crippen molar-refractivity contribution in [3.8, 4) is 0 Å². The number of non-ortho nitro benzene ring substituents is 1. The van der Waals surface area contributed by atoms with Crippen molar-refractivity contribution >= 4 is 23.0 Å². The topological polar surface area (TPSA) is 117 Å². The summed E-state index contributed by atoms with van der Waals surface area (Å²) in [5.41, 5.74) is -1.00. The molecule has 0 N–H and O–H groups in total. The first-order chi connectivity index (χ1) is 13.8. The predicted molar refractivity (Wildman–Crippen MR) is 107 cm³/mol. The third-order valence-electron chi connectivity index (χ3n) is 5.96. The highest BCUT2D eigenvalue weighted by Gasteiger charge is 2.47. The molecule has 0 saturated heterocycles. The van der Waals surface area contributed by atoms with E-state index < -0.39 is 39.1 Å². The van der Waals surface area contributed by atoms with Gasteiger partial charge in [0, 0.05) is 37.3 Å². The van der Waals surface area contributed by atoms with E-state index in [9.17, 15) is 29.6 Å². The molecule has 1 aromatic rings. The van der Waals surface area contributed by atoms with Crippen molar-refractivity contribution in [1.82, 2.24) is 0 Å². The third kappa shape index (κ3) is 4.20. The van der Waals surface area contributed by atoms with E-state index in [2.05, 4.69) is 0 Å². The lowest BCUT2D eigenvalue weighted by Gasteiger charge is -2.41. The Morgan fingerprint density at radius 1 is 0.967 bits per heavy atom. The molecule has 0 aliphatic heterocycles. The van der Waals surface area contributed by atoms with Gasteiger partial charge in [0.25, 0.3) is 5.69 Å². The molecule has 1 saturated carbocycles. The van der Waals surface area contributed by atoms with Gasteiger partial charge in [0.15, 0.2) is 5.78 Å². The molecular weight excluding hydrogens is 386 g/mol. The summed E-state index contributed by atoms with van der Waals surface area (Å²) in [6.45, 7) is 7.30. The van der Waals surface area contributed by atoms with Gasteiger partial charge in [0.05, 0.1) is 10.8 Å². The summed E-state index contributed by atoms with van der Waals surface area (Å²) in [7, 11) is 0. The number of ketones is 3. The molecule has 1 fully saturated rings. The highest BCUT2D eigenvalue weighted by Crippen LogP contribution is 2.47. The van der Waals surface area contributed by atoms with E-state index in [1.165, 1.54) is 18.2 Å². The fourth-order valence-corrected chi connectivity index (χ4v) is 4.76. The highest BCUT2D eigenvalue weighted by molar-refractivity contribution is 6.09. The summed E-state index contributed by atoms with van der Waals surface area (Å²) in [4.78, 5) is 49.8. The van der Waals surface area contributed by atoms with Gasteiger partial charge in [0.2, 0.25) is 0 Å². The Bertz CT molecular complexity index is 952. The van der Waals surface area contributed by atoms with Gasteiger partial charge >= 0.3 is 0 Å². The molecule has 3 rings (SSSR count). The van der Waals surface area contributed by atoms with Crippen LogP contribution in [0.3, 0.4) is 0 Å². The highest BCUT2D eigenvalue weighted by atomic mass is 16.6. The zero-order valence-corrected chi connectivity index (χ0v) is 17.7. The van der Waals surface area contributed by atoms with Gasteiger partial charge < -0.3 is 5.11 Å². The average molecular weight is 412 g/mol. The van der Waals surface area contributed by atoms with Gasteiger partial charge in [-0.1, -0.05) is 39.8 Å². The lowest BCUT2D eigenvalue weighted by molar-refractivity contribution is -0.384. The van der Waals surface area contributed by atoms with Crippen LogP contribution in [0.4, 0.5) is 5.69 Å². The average Bonchev–Trinajstić information content (AvgIpc) is 2.57. The quantitative estimate of drug-likeness (QED) is 0.426. The molecule has 160 valence electrons. The number of allylic oxidation sites excluding steroid dienone is 2. The second kappa shape index (κ2) is 7.45. The van der Waals surface area contributed by atoms with E-state index in [4.69, 9.17) is 0 Å². The van der Waals surface area contributed by atoms with Crippen LogP contribution in [0, 0.1) is 26.9 Å². The molecular formula is C23H26NO6-. The SMILES string of the molecule is CC1(C)CC(=O)C(C(C2=C([O-])CC(C)(C)CC2=O)c2cccc([N+](=O)[O-])c2)C(=O)C1. The summed E-state index contributed by atoms with van der Waals surface area (Å²) in [6.07, 6.45) is 0.548. The van der Waals surface area contributed by atoms with Crippen molar-refractivity contribution < 1.29 is 24.4 Å². The molecule has 0 aromatic heterocycles. The first kappa shape index (κ1) is 21.9. The molecule has 0 heterocycles. The van der Waals surface area contributed by atoms with E-state index in [-0.39, 0.29) is 54.1 Å². The minimum Gasteiger partial charge on any atom is -0.875 e. The predicted octanol–water partition coefficient (Wildman–Crippen LogP) is 3.26. The Hall–Kier alpha value is -2.83. The molecule has 0 radical (unpaired) electrons. The first-order valence-electron chi connectivity index (χ1n) is 10.0. The largest absolute Gasteiger partial charge is 0.875 e. The zero-order chi connectivity index (χ0) is 22.4. The molecule has 7 nitrogen and oxygen atoms in total. The first-order valence-corrected chi connectivity index (χ1v) is 10.0. The number of hydrogen-bond donors (Lipinski definition) is 0. The van der Waals surface area contributed by atoms with Gasteiger partial charge in [-0.05, 0) is 28.4 Å². The number of Topliss-reactive ketones (excluding diaryl/α,β-unsaturated/α-hetero) is 3. The van der Waals surface area contributed by atoms with E-state index in [1.807, 2.05) is 27.7 Å². The van der Waals surface area contributed by atoms with Crippen LogP contribution in [-0.4, -0.2) is 22.3 Å². The fraction of sp³-hybridized carbons (Fsp3) is 0.522. The Kier molecular flexibility index (Phi) is 5.43. The van der Waals surface area contributed by atoms with Gasteiger partial charge in [-0.2, -0.15) is 0 Å². The molecule has 0 amide bonds. The minimum atomic E-state index is -1.18. The maximum Gasteiger partial charge on any atom is 0.269 e. The number of carbonyl (C=O) groups excluding carboxylic acids is 3. The maximum absolute atomic E-state index is 13.0. The number of rotatable bonds is 4. The Labute approximate surface area is 175 Å². The summed E-state index contributed by atoms with van der Waals surface area (Å²) < 4.78 is 0. The van der Waals surface area contributed by atoms with Crippen molar-refractivity contribution in [1.29, 1.82) is 0 Å². The molecule has 1 aromatic carbocycles. The molecule has 30 heavy (non-hydrogen) atoms. The van der Waals surface area contributed by atoms with Crippen molar-refractivity contribution in [3.05, 3.63) is 51.3 Å². The van der Waals surface area contributed by atoms with Crippen LogP contribution >= 0.6 is 0 Å². The van der Waals surface area contributed by atoms with Crippen LogP contribution in [0.1, 0.15) is 64.9 Å². The second-order valence-corrected chi connectivity index (χ2v) is 10.0. The molecule has 2 aliphatic rings. The van der Waals surface area contributed by atoms with Crippen molar-refractivity contribution in [3.63, 3.8) is 0 Å². The Morgan fingerprint density at radius 2 is 1.53 bits per heavy atom. The maximum atomic E-state index is 13.0. The number of nitro benzene ring substituents is 1. The van der Waals surface area contributed by atoms with E-state index in [1.54, 1.807) is 6.07 Å². The van der Waals surface area contributed by atoms with Gasteiger partial charge in [0.1, 0.15) is 11.6 Å². The monoisotopic (exact) mass is 412 g/mol. The van der Waals surface area contributed by atoms with E-state index in [0.717, 1.165) is 0 Å². The van der Waals surface area contributed by atoms with Crippen LogP contribution in [0.2, 0.25) is 0 Å². The van der Waals surface area contributed by atoms with Crippen molar-refractivity contribution in [2.24, 2.45) is 16.7 Å². The summed E-state index contributed by atoms with van der Waals surface area (Å²) in [5, 5.41) is 24.3. The lowest BCUT2D eigenvalue weighted by Crippen LogP contribution is -2.43. The normalized spacial score (nSPS) is 22.9. The number of nitrogens with zero attached hydrogens (tertiary/aromatic N) is 1. The summed E-state index contributed by atoms with van der Waals surface area (Å²) >= 11 is 0. The standard InChI is InChI=1S/C23H27NO6/c1-22(2)9-15(25)20(16(26)10-22)19(13-6-5-7-14(8-13)24(29)30)21-17(27)11-23(3,4)12-18(21)28/h5-8,19-20,27H,9-12H2,1-4H3/p-1. The number of hydrogen-bond acceptors (Lipinski definition) is 6. The van der Waals surface area contributed by atoms with Crippen molar-refractivity contribution in [2.75, 3.05) is 0 Å². The minimum absolute atomic E-state index is 0.0683. The molecule has 0 bridgehead atoms. The van der Waals surface area contributed by atoms with Crippen LogP contribution in [0.5, 0.6) is 0 Å². The smallest absolute Gasteiger partial charge is 0.269 e. The molecule has 2 aliphatic carbocycles. The van der Waals surface area contributed by atoms with Crippen LogP contribution in [-0.2, 0) is 14.4 Å². The Balaban J connectivity index is 2.19. The third-order valence-corrected chi connectivity index (χ3v) is 5.96. The molecule has 0 spiro atoms. The van der Waals surface area contributed by atoms with Crippen molar-refractivity contribution in [2.45, 2.75) is 59.3 Å². The van der Waals surface area contributed by atoms with Crippen LogP contribution < -0.4 is 5.11 Å². The zero-order valence-electron chi connectivity index (χ0n) is 17.7. The van der Waals surface area contributed by atoms with E-state index >= 15 is 0 Å². The second-order valence-electron chi connectivity index (χ2n) is 10.0. The summed E-state index contributed by atoms with van der Waals surface area (Å²) in [5.74, 6) is -3.70. The van der Waals surface area contributed by atoms with Gasteiger partial charge in [-0.25, -0.2) is 0 Å². The lowest BCUT2D eigenvalue weighted by atomic mass is 9.62. The van der Waals surface area contributed by atoms with Crippen LogP contribution in [0.15, 0.2) is 35.6 Å². The fourth-order valence-electron chi connectivity index (χ4n) is 4.76. The molecule has 1 atom stereocenters. The number of carbonyl (C=O) groups is 3. The van der Waals surface area contributed by atoms with Gasteiger partial charge in [-0.3, -0.25) is 24.5 Å².